The Balaban J connectivity index is 1.63. The van der Waals surface area contributed by atoms with Crippen LogP contribution < -0.4 is 21.1 Å². The van der Waals surface area contributed by atoms with Crippen molar-refractivity contribution < 1.29 is 62.6 Å². The number of benzene rings is 1. The molecule has 0 aliphatic heterocycles. The molecule has 1 aliphatic carbocycles. The molecule has 3 aromatic rings. The Hall–Kier alpha value is -4.23. The highest BCUT2D eigenvalue weighted by atomic mass is 19.4. The van der Waals surface area contributed by atoms with E-state index < -0.39 is 91.3 Å². The van der Waals surface area contributed by atoms with Gasteiger partial charge in [-0.3, -0.25) is 9.59 Å². The number of nitrogens with two attached hydrogens (primary N) is 1. The van der Waals surface area contributed by atoms with Crippen molar-refractivity contribution in [1.29, 1.82) is 0 Å². The van der Waals surface area contributed by atoms with Gasteiger partial charge < -0.3 is 25.7 Å². The second-order valence-electron chi connectivity index (χ2n) is 11.4. The van der Waals surface area contributed by atoms with Crippen molar-refractivity contribution in [1.82, 2.24) is 25.2 Å². The lowest BCUT2D eigenvalue weighted by Crippen LogP contribution is -2.49. The normalized spacial score (nSPS) is 18.1. The van der Waals surface area contributed by atoms with Crippen molar-refractivity contribution in [3.8, 4) is 5.88 Å². The molecule has 4 rings (SSSR count). The molecule has 1 unspecified atom stereocenters. The minimum Gasteiger partial charge on any atom is -0.471 e. The predicted molar refractivity (Wildman–Crippen MR) is 149 cm³/mol. The highest BCUT2D eigenvalue weighted by molar-refractivity contribution is 5.99. The summed E-state index contributed by atoms with van der Waals surface area (Å²) in [5, 5.41) is 4.47. The Labute approximate surface area is 270 Å². The van der Waals surface area contributed by atoms with Crippen LogP contribution in [-0.2, 0) is 31.0 Å². The number of halogens is 11. The Morgan fingerprint density at radius 1 is 1.00 bits per heavy atom. The zero-order valence-electron chi connectivity index (χ0n) is 25.4. The van der Waals surface area contributed by atoms with E-state index in [1.165, 1.54) is 11.6 Å². The Bertz CT molecular complexity index is 1660. The number of pyridine rings is 1. The van der Waals surface area contributed by atoms with Gasteiger partial charge in [0.25, 0.3) is 12.3 Å². The van der Waals surface area contributed by atoms with Crippen molar-refractivity contribution in [3.05, 3.63) is 52.3 Å². The Kier molecular flexibility index (Phi) is 11.0. The first-order chi connectivity index (χ1) is 22.6. The third-order valence-corrected chi connectivity index (χ3v) is 7.94. The number of imidazole rings is 1. The zero-order chi connectivity index (χ0) is 36.5. The highest BCUT2D eigenvalue weighted by Gasteiger charge is 2.43. The van der Waals surface area contributed by atoms with Gasteiger partial charge in [-0.15, -0.1) is 0 Å². The number of alkyl halides is 11. The molecule has 0 radical (unpaired) electrons. The number of amides is 2. The van der Waals surface area contributed by atoms with E-state index in [1.54, 1.807) is 0 Å². The lowest BCUT2D eigenvalue weighted by molar-refractivity contribution is -0.182. The molecule has 49 heavy (non-hydrogen) atoms. The van der Waals surface area contributed by atoms with Gasteiger partial charge in [-0.25, -0.2) is 13.8 Å². The minimum absolute atomic E-state index is 0.00600. The van der Waals surface area contributed by atoms with Crippen LogP contribution in [-0.4, -0.2) is 63.8 Å². The van der Waals surface area contributed by atoms with Crippen LogP contribution in [0.15, 0.2) is 24.3 Å². The molecule has 2 amide bonds. The van der Waals surface area contributed by atoms with Crippen LogP contribution in [0, 0.1) is 5.92 Å². The van der Waals surface area contributed by atoms with Gasteiger partial charge in [0.05, 0.1) is 11.5 Å². The molecule has 2 heterocycles. The summed E-state index contributed by atoms with van der Waals surface area (Å²) < 4.78 is 151. The summed E-state index contributed by atoms with van der Waals surface area (Å²) in [6.45, 7) is -1.79. The second-order valence-corrected chi connectivity index (χ2v) is 11.4. The number of fused-ring (bicyclic) bond motifs is 1. The van der Waals surface area contributed by atoms with Gasteiger partial charge >= 0.3 is 18.5 Å². The maximum absolute atomic E-state index is 13.9. The van der Waals surface area contributed by atoms with Gasteiger partial charge in [0.1, 0.15) is 16.9 Å². The smallest absolute Gasteiger partial charge is 0.416 e. The van der Waals surface area contributed by atoms with Crippen molar-refractivity contribution in [2.75, 3.05) is 6.61 Å². The molecule has 2 aromatic heterocycles. The lowest BCUT2D eigenvalue weighted by atomic mass is 9.85. The van der Waals surface area contributed by atoms with E-state index >= 15 is 0 Å². The number of carbonyl (C=O) groups is 2. The van der Waals surface area contributed by atoms with E-state index in [0.29, 0.717) is 6.07 Å². The van der Waals surface area contributed by atoms with E-state index in [4.69, 9.17) is 10.5 Å². The van der Waals surface area contributed by atoms with Crippen LogP contribution in [0.2, 0.25) is 0 Å². The molecule has 1 saturated carbocycles. The fourth-order valence-electron chi connectivity index (χ4n) is 5.34. The number of hydrogen-bond donors (Lipinski definition) is 3. The SMILES string of the molecule is Cn1c(Cc2cc(CNC(=O)C(N)C(F)(F)F)ccc2C(F)(F)F)nc2cc(C(=O)NC3CCC(C(F)(F)F)CC3)c(OCC(F)F)nc21. The number of nitrogens with one attached hydrogen (secondary N) is 2. The highest BCUT2D eigenvalue weighted by Crippen LogP contribution is 2.38. The molecule has 0 saturated heterocycles. The molecular weight excluding hydrogens is 689 g/mol. The van der Waals surface area contributed by atoms with E-state index in [1.807, 2.05) is 5.32 Å². The number of nitrogens with zero attached hydrogens (tertiary/aromatic N) is 3. The van der Waals surface area contributed by atoms with Crippen LogP contribution in [0.5, 0.6) is 5.88 Å². The summed E-state index contributed by atoms with van der Waals surface area (Å²) >= 11 is 0. The largest absolute Gasteiger partial charge is 0.471 e. The number of rotatable bonds is 10. The van der Waals surface area contributed by atoms with Gasteiger partial charge in [0, 0.05) is 26.1 Å². The topological polar surface area (TPSA) is 124 Å². The number of hydrogen-bond acceptors (Lipinski definition) is 6. The molecule has 270 valence electrons. The summed E-state index contributed by atoms with van der Waals surface area (Å²) in [5.41, 5.74) is 2.78. The zero-order valence-corrected chi connectivity index (χ0v) is 25.4. The van der Waals surface area contributed by atoms with Gasteiger partial charge in [-0.2, -0.15) is 44.5 Å². The third kappa shape index (κ3) is 9.27. The molecule has 1 aliphatic rings. The van der Waals surface area contributed by atoms with Gasteiger partial charge in [-0.05, 0) is 48.9 Å². The molecule has 20 heteroatoms. The van der Waals surface area contributed by atoms with Crippen LogP contribution >= 0.6 is 0 Å². The van der Waals surface area contributed by atoms with Crippen molar-refractivity contribution >= 4 is 23.0 Å². The molecule has 0 bridgehead atoms. The Morgan fingerprint density at radius 3 is 2.22 bits per heavy atom. The van der Waals surface area contributed by atoms with E-state index in [2.05, 4.69) is 15.3 Å². The van der Waals surface area contributed by atoms with Crippen molar-refractivity contribution in [2.45, 2.75) is 75.7 Å². The van der Waals surface area contributed by atoms with E-state index in [-0.39, 0.29) is 53.8 Å². The summed E-state index contributed by atoms with van der Waals surface area (Å²) in [4.78, 5) is 33.3. The van der Waals surface area contributed by atoms with Gasteiger partial charge in [0.2, 0.25) is 11.8 Å². The molecule has 1 fully saturated rings. The maximum Gasteiger partial charge on any atom is 0.416 e. The molecule has 1 atom stereocenters. The van der Waals surface area contributed by atoms with Crippen LogP contribution in [0.4, 0.5) is 48.3 Å². The second kappa shape index (κ2) is 14.3. The summed E-state index contributed by atoms with van der Waals surface area (Å²) in [6.07, 6.45) is -18.4. The number of aryl methyl sites for hydroxylation is 1. The van der Waals surface area contributed by atoms with Gasteiger partial charge in [0.15, 0.2) is 18.3 Å². The lowest BCUT2D eigenvalue weighted by Gasteiger charge is -2.30. The number of ether oxygens (including phenoxy) is 1. The van der Waals surface area contributed by atoms with E-state index in [9.17, 15) is 57.9 Å². The minimum atomic E-state index is -5.05. The summed E-state index contributed by atoms with van der Waals surface area (Å²) in [6, 6.07) is 0.186. The van der Waals surface area contributed by atoms with Crippen LogP contribution in [0.1, 0.15) is 58.6 Å². The number of aromatic nitrogens is 3. The molecule has 1 aromatic carbocycles. The third-order valence-electron chi connectivity index (χ3n) is 7.94. The maximum atomic E-state index is 13.9. The standard InChI is InChI=1S/C29H29F11N6O3/c1-46-21(9-14-8-13(2-7-18(14)28(35,36)37)11-42-25(48)22(41)29(38,39)40)44-19-10-17(26(45-23(19)46)49-12-20(30)31)24(47)43-16-5-3-15(4-6-16)27(32,33)34/h2,7-8,10,15-16,20,22H,3-6,9,11-12,41H2,1H3,(H,42,48)(H,43,47). The molecule has 0 spiro atoms. The Morgan fingerprint density at radius 2 is 1.65 bits per heavy atom. The average Bonchev–Trinajstić information content (AvgIpc) is 3.30. The molecule has 4 N–H and O–H groups in total. The van der Waals surface area contributed by atoms with Crippen molar-refractivity contribution in [2.24, 2.45) is 18.7 Å². The molecule has 9 nitrogen and oxygen atoms in total. The van der Waals surface area contributed by atoms with Crippen LogP contribution in [0.25, 0.3) is 11.2 Å². The quantitative estimate of drug-likeness (QED) is 0.236. The van der Waals surface area contributed by atoms with Crippen molar-refractivity contribution in [3.63, 3.8) is 0 Å². The van der Waals surface area contributed by atoms with E-state index in [0.717, 1.165) is 18.2 Å². The summed E-state index contributed by atoms with van der Waals surface area (Å²) in [7, 11) is 1.34. The fraction of sp³-hybridized carbons (Fsp3) is 0.517. The average molecular weight is 719 g/mol. The monoisotopic (exact) mass is 718 g/mol. The fourth-order valence-corrected chi connectivity index (χ4v) is 5.34. The first kappa shape index (κ1) is 37.6. The predicted octanol–water partition coefficient (Wildman–Crippen LogP) is 5.58. The van der Waals surface area contributed by atoms with Gasteiger partial charge in [-0.1, -0.05) is 12.1 Å². The molecular formula is C29H29F11N6O3. The van der Waals surface area contributed by atoms with Crippen LogP contribution in [0.3, 0.4) is 0 Å². The summed E-state index contributed by atoms with van der Waals surface area (Å²) in [5.74, 6) is -4.68. The first-order valence-electron chi connectivity index (χ1n) is 14.6. The number of carbonyl (C=O) groups excluding carboxylic acids is 2. The first-order valence-corrected chi connectivity index (χ1v) is 14.6.